The number of carboxylic acids is 1. The van der Waals surface area contributed by atoms with Crippen molar-refractivity contribution in [3.05, 3.63) is 11.8 Å². The summed E-state index contributed by atoms with van der Waals surface area (Å²) < 4.78 is 0. The van der Waals surface area contributed by atoms with Gasteiger partial charge in [0.05, 0.1) is 0 Å². The molecule has 0 rings (SSSR count). The summed E-state index contributed by atoms with van der Waals surface area (Å²) in [7, 11) is 0. The minimum absolute atomic E-state index is 0.0319. The van der Waals surface area contributed by atoms with Gasteiger partial charge >= 0.3 is 5.97 Å². The maximum Gasteiger partial charge on any atom is 0.349 e. The van der Waals surface area contributed by atoms with E-state index >= 15 is 0 Å². The molecule has 0 aromatic carbocycles. The number of carbonyl (C=O) groups is 2. The van der Waals surface area contributed by atoms with Crippen LogP contribution in [-0.4, -0.2) is 22.6 Å². The molecular weight excluding hydrogens is 158 g/mol. The number of ketones is 1. The minimum atomic E-state index is -1.08. The summed E-state index contributed by atoms with van der Waals surface area (Å²) in [5, 5.41) is 8.39. The van der Waals surface area contributed by atoms with E-state index in [1.54, 1.807) is 6.92 Å². The summed E-state index contributed by atoms with van der Waals surface area (Å²) in [4.78, 5) is 24.5. The topological polar surface area (TPSA) is 66.7 Å². The maximum atomic E-state index is 10.6. The Morgan fingerprint density at radius 3 is 2.08 bits per heavy atom. The van der Waals surface area contributed by atoms with Crippen LogP contribution >= 0.6 is 0 Å². The SMILES string of the molecule is CC(=O)/C(C)=C/N=C(C)C(=O)O. The summed E-state index contributed by atoms with van der Waals surface area (Å²) in [6.07, 6.45) is 1.26. The van der Waals surface area contributed by atoms with Crippen molar-refractivity contribution in [2.24, 2.45) is 4.99 Å². The van der Waals surface area contributed by atoms with Gasteiger partial charge in [-0.25, -0.2) is 4.79 Å². The van der Waals surface area contributed by atoms with Crippen LogP contribution in [0.15, 0.2) is 16.8 Å². The zero-order chi connectivity index (χ0) is 9.72. The molecule has 0 saturated carbocycles. The van der Waals surface area contributed by atoms with Crippen LogP contribution in [0.1, 0.15) is 20.8 Å². The fraction of sp³-hybridized carbons (Fsp3) is 0.375. The molecule has 0 aromatic heterocycles. The molecule has 0 atom stereocenters. The smallest absolute Gasteiger partial charge is 0.349 e. The van der Waals surface area contributed by atoms with Gasteiger partial charge < -0.3 is 5.11 Å². The number of Topliss-reactive ketones (excluding diaryl/α,β-unsaturated/α-hetero) is 1. The van der Waals surface area contributed by atoms with E-state index in [0.717, 1.165) is 0 Å². The summed E-state index contributed by atoms with van der Waals surface area (Å²) in [6, 6.07) is 0. The lowest BCUT2D eigenvalue weighted by Gasteiger charge is -1.91. The van der Waals surface area contributed by atoms with Gasteiger partial charge in [-0.15, -0.1) is 0 Å². The van der Waals surface area contributed by atoms with Crippen LogP contribution in [0.4, 0.5) is 0 Å². The zero-order valence-electron chi connectivity index (χ0n) is 7.29. The van der Waals surface area contributed by atoms with Crippen molar-refractivity contribution in [3.8, 4) is 0 Å². The summed E-state index contributed by atoms with van der Waals surface area (Å²) >= 11 is 0. The Balaban J connectivity index is 4.48. The Hall–Kier alpha value is -1.45. The molecule has 4 nitrogen and oxygen atoms in total. The van der Waals surface area contributed by atoms with Gasteiger partial charge in [-0.1, -0.05) is 0 Å². The molecule has 66 valence electrons. The predicted octanol–water partition coefficient (Wildman–Crippen LogP) is 1.02. The first-order valence-electron chi connectivity index (χ1n) is 3.40. The highest BCUT2D eigenvalue weighted by Crippen LogP contribution is 1.94. The van der Waals surface area contributed by atoms with Gasteiger partial charge in [-0.2, -0.15) is 0 Å². The van der Waals surface area contributed by atoms with Crippen molar-refractivity contribution in [1.82, 2.24) is 0 Å². The Bertz CT molecular complexity index is 235. The highest BCUT2D eigenvalue weighted by atomic mass is 16.4. The van der Waals surface area contributed by atoms with Crippen LogP contribution in [0.3, 0.4) is 0 Å². The summed E-state index contributed by atoms with van der Waals surface area (Å²) in [5.41, 5.74) is 0.409. The molecule has 4 heteroatoms. The van der Waals surface area contributed by atoms with Gasteiger partial charge in [-0.3, -0.25) is 9.79 Å². The number of aliphatic carboxylic acids is 1. The first kappa shape index (κ1) is 10.6. The van der Waals surface area contributed by atoms with Gasteiger partial charge in [0.15, 0.2) is 5.78 Å². The monoisotopic (exact) mass is 169 g/mol. The lowest BCUT2D eigenvalue weighted by Crippen LogP contribution is -2.07. The Kier molecular flexibility index (Phi) is 3.90. The van der Waals surface area contributed by atoms with E-state index in [9.17, 15) is 9.59 Å². The van der Waals surface area contributed by atoms with E-state index in [1.807, 2.05) is 0 Å². The van der Waals surface area contributed by atoms with Gasteiger partial charge in [0.1, 0.15) is 5.71 Å². The molecule has 0 bridgehead atoms. The number of hydrogen-bond donors (Lipinski definition) is 1. The van der Waals surface area contributed by atoms with E-state index < -0.39 is 5.97 Å². The minimum Gasteiger partial charge on any atom is -0.477 e. The third-order valence-electron chi connectivity index (χ3n) is 1.32. The second-order valence-corrected chi connectivity index (χ2v) is 2.39. The number of carbonyl (C=O) groups excluding carboxylic acids is 1. The Morgan fingerprint density at radius 2 is 1.75 bits per heavy atom. The molecule has 0 radical (unpaired) electrons. The number of carboxylic acid groups (broad SMARTS) is 1. The van der Waals surface area contributed by atoms with Crippen LogP contribution in [0, 0.1) is 0 Å². The Morgan fingerprint density at radius 1 is 1.25 bits per heavy atom. The molecule has 0 aliphatic heterocycles. The maximum absolute atomic E-state index is 10.6. The van der Waals surface area contributed by atoms with Crippen LogP contribution in [0.5, 0.6) is 0 Å². The van der Waals surface area contributed by atoms with Crippen molar-refractivity contribution in [2.45, 2.75) is 20.8 Å². The average molecular weight is 169 g/mol. The largest absolute Gasteiger partial charge is 0.477 e. The van der Waals surface area contributed by atoms with Gasteiger partial charge in [0.2, 0.25) is 0 Å². The molecule has 0 saturated heterocycles. The molecule has 0 aromatic rings. The third kappa shape index (κ3) is 3.65. The summed E-state index contributed by atoms with van der Waals surface area (Å²) in [6.45, 7) is 4.35. The predicted molar refractivity (Wildman–Crippen MR) is 45.2 cm³/mol. The van der Waals surface area contributed by atoms with Crippen LogP contribution in [-0.2, 0) is 9.59 Å². The normalized spacial score (nSPS) is 12.9. The second kappa shape index (κ2) is 4.43. The highest BCUT2D eigenvalue weighted by Gasteiger charge is 1.99. The Labute approximate surface area is 70.6 Å². The summed E-state index contributed by atoms with van der Waals surface area (Å²) in [5.74, 6) is -1.19. The molecular formula is C8H11NO3. The lowest BCUT2D eigenvalue weighted by atomic mass is 10.2. The number of aliphatic imine (C=N–C) groups is 1. The molecule has 0 spiro atoms. The first-order chi connectivity index (χ1) is 5.45. The second-order valence-electron chi connectivity index (χ2n) is 2.39. The van der Waals surface area contributed by atoms with Crippen molar-refractivity contribution in [3.63, 3.8) is 0 Å². The van der Waals surface area contributed by atoms with E-state index in [4.69, 9.17) is 5.11 Å². The van der Waals surface area contributed by atoms with Gasteiger partial charge in [0.25, 0.3) is 0 Å². The quantitative estimate of drug-likeness (QED) is 0.506. The average Bonchev–Trinajstić information content (AvgIpc) is 1.98. The zero-order valence-corrected chi connectivity index (χ0v) is 7.29. The van der Waals surface area contributed by atoms with Crippen LogP contribution in [0.25, 0.3) is 0 Å². The van der Waals surface area contributed by atoms with E-state index in [1.165, 1.54) is 20.0 Å². The van der Waals surface area contributed by atoms with E-state index in [-0.39, 0.29) is 11.5 Å². The lowest BCUT2D eigenvalue weighted by molar-refractivity contribution is -0.129. The van der Waals surface area contributed by atoms with Crippen molar-refractivity contribution in [2.75, 3.05) is 0 Å². The van der Waals surface area contributed by atoms with Crippen LogP contribution in [0.2, 0.25) is 0 Å². The van der Waals surface area contributed by atoms with Crippen molar-refractivity contribution >= 4 is 17.5 Å². The van der Waals surface area contributed by atoms with Gasteiger partial charge in [-0.05, 0) is 20.8 Å². The standard InChI is InChI=1S/C8H11NO3/c1-5(7(3)10)4-9-6(2)8(11)12/h4H,1-3H3,(H,11,12)/b5-4+,9-6?. The number of hydrogen-bond acceptors (Lipinski definition) is 3. The molecule has 12 heavy (non-hydrogen) atoms. The van der Waals surface area contributed by atoms with Crippen molar-refractivity contribution < 1.29 is 14.7 Å². The van der Waals surface area contributed by atoms with E-state index in [0.29, 0.717) is 5.57 Å². The molecule has 0 aliphatic rings. The highest BCUT2D eigenvalue weighted by molar-refractivity contribution is 6.34. The number of rotatable bonds is 3. The molecule has 0 heterocycles. The molecule has 0 unspecified atom stereocenters. The molecule has 0 fully saturated rings. The number of nitrogens with zero attached hydrogens (tertiary/aromatic N) is 1. The van der Waals surface area contributed by atoms with Crippen LogP contribution < -0.4 is 0 Å². The molecule has 0 amide bonds. The molecule has 1 N–H and O–H groups in total. The molecule has 0 aliphatic carbocycles. The van der Waals surface area contributed by atoms with Gasteiger partial charge in [0, 0.05) is 11.8 Å². The third-order valence-corrected chi connectivity index (χ3v) is 1.32. The fourth-order valence-corrected chi connectivity index (χ4v) is 0.340. The number of allylic oxidation sites excluding steroid dienone is 1. The van der Waals surface area contributed by atoms with Crippen molar-refractivity contribution in [1.29, 1.82) is 0 Å². The first-order valence-corrected chi connectivity index (χ1v) is 3.40. The fourth-order valence-electron chi connectivity index (χ4n) is 0.340. The van der Waals surface area contributed by atoms with E-state index in [2.05, 4.69) is 4.99 Å².